The fourth-order valence-corrected chi connectivity index (χ4v) is 3.50. The Morgan fingerprint density at radius 2 is 1.04 bits per heavy atom. The number of rotatable bonds is 6. The average molecular weight is 346 g/mol. The number of benzene rings is 3. The predicted octanol–water partition coefficient (Wildman–Crippen LogP) is 6.26. The summed E-state index contributed by atoms with van der Waals surface area (Å²) < 4.78 is 0. The topological polar surface area (TPSA) is 40.5 Å². The Morgan fingerprint density at radius 1 is 0.654 bits per heavy atom. The van der Waals surface area contributed by atoms with Crippen LogP contribution >= 0.6 is 0 Å². The Kier molecular flexibility index (Phi) is 5.32. The summed E-state index contributed by atoms with van der Waals surface area (Å²) in [7, 11) is 0. The Bertz CT molecular complexity index is 833. The van der Waals surface area contributed by atoms with E-state index in [1.807, 2.05) is 24.3 Å². The van der Waals surface area contributed by atoms with Gasteiger partial charge in [0.2, 0.25) is 0 Å². The lowest BCUT2D eigenvalue weighted by molar-refractivity contribution is 0.470. The predicted molar refractivity (Wildman–Crippen MR) is 108 cm³/mol. The Hall–Kier alpha value is -2.74. The molecule has 0 aromatic heterocycles. The normalized spacial score (nSPS) is 13.3. The zero-order valence-electron chi connectivity index (χ0n) is 15.4. The van der Waals surface area contributed by atoms with E-state index >= 15 is 0 Å². The van der Waals surface area contributed by atoms with Gasteiger partial charge in [-0.05, 0) is 52.9 Å². The van der Waals surface area contributed by atoms with Crippen molar-refractivity contribution in [3.8, 4) is 22.6 Å². The van der Waals surface area contributed by atoms with Crippen LogP contribution in [0.25, 0.3) is 11.1 Å². The first-order valence-electron chi connectivity index (χ1n) is 9.22. The van der Waals surface area contributed by atoms with Crippen LogP contribution in [-0.4, -0.2) is 10.2 Å². The third kappa shape index (κ3) is 3.75. The van der Waals surface area contributed by atoms with E-state index in [1.54, 1.807) is 24.3 Å². The lowest BCUT2D eigenvalue weighted by Crippen LogP contribution is -2.23. The van der Waals surface area contributed by atoms with Gasteiger partial charge in [-0.25, -0.2) is 0 Å². The van der Waals surface area contributed by atoms with E-state index in [-0.39, 0.29) is 11.2 Å². The first-order chi connectivity index (χ1) is 12.5. The highest BCUT2D eigenvalue weighted by atomic mass is 16.3. The molecule has 0 aliphatic carbocycles. The van der Waals surface area contributed by atoms with E-state index in [9.17, 15) is 10.2 Å². The number of hydrogen-bond donors (Lipinski definition) is 2. The second-order valence-electron chi connectivity index (χ2n) is 7.11. The summed E-state index contributed by atoms with van der Waals surface area (Å²) in [6.07, 6.45) is 3.36. The van der Waals surface area contributed by atoms with Gasteiger partial charge in [0.1, 0.15) is 11.5 Å². The van der Waals surface area contributed by atoms with Gasteiger partial charge in [-0.15, -0.1) is 0 Å². The standard InChI is InChI=1S/C24H26O2/c1-3-4-17-24(2,21-11-15-23(26)16-12-21)20-9-5-18(6-10-20)19-7-13-22(25)14-8-19/h5-16,25-26H,3-4,17H2,1-2H3. The molecule has 3 rings (SSSR count). The summed E-state index contributed by atoms with van der Waals surface area (Å²) in [5.74, 6) is 0.583. The third-order valence-electron chi connectivity index (χ3n) is 5.26. The zero-order valence-corrected chi connectivity index (χ0v) is 15.4. The molecule has 1 unspecified atom stereocenters. The van der Waals surface area contributed by atoms with Crippen LogP contribution in [0.15, 0.2) is 72.8 Å². The summed E-state index contributed by atoms with van der Waals surface area (Å²) in [6, 6.07) is 23.6. The number of unbranched alkanes of at least 4 members (excludes halogenated alkanes) is 1. The second kappa shape index (κ2) is 7.65. The maximum atomic E-state index is 9.63. The van der Waals surface area contributed by atoms with Crippen molar-refractivity contribution in [1.29, 1.82) is 0 Å². The van der Waals surface area contributed by atoms with Crippen molar-refractivity contribution in [2.45, 2.75) is 38.5 Å². The first kappa shape index (κ1) is 18.1. The lowest BCUT2D eigenvalue weighted by Gasteiger charge is -2.31. The molecule has 3 aromatic rings. The highest BCUT2D eigenvalue weighted by Gasteiger charge is 2.28. The van der Waals surface area contributed by atoms with E-state index in [2.05, 4.69) is 38.1 Å². The Labute approximate surface area is 155 Å². The molecule has 2 nitrogen and oxygen atoms in total. The fraction of sp³-hybridized carbons (Fsp3) is 0.250. The Balaban J connectivity index is 1.96. The first-order valence-corrected chi connectivity index (χ1v) is 9.22. The summed E-state index contributed by atoms with van der Waals surface area (Å²) >= 11 is 0. The van der Waals surface area contributed by atoms with Gasteiger partial charge in [0.05, 0.1) is 0 Å². The summed E-state index contributed by atoms with van der Waals surface area (Å²) in [5.41, 5.74) is 4.64. The number of aromatic hydroxyl groups is 2. The fourth-order valence-electron chi connectivity index (χ4n) is 3.50. The van der Waals surface area contributed by atoms with Crippen molar-refractivity contribution in [2.24, 2.45) is 0 Å². The number of phenols is 2. The molecule has 134 valence electrons. The van der Waals surface area contributed by atoms with E-state index in [4.69, 9.17) is 0 Å². The highest BCUT2D eigenvalue weighted by molar-refractivity contribution is 5.65. The van der Waals surface area contributed by atoms with Gasteiger partial charge < -0.3 is 10.2 Å². The molecule has 0 saturated carbocycles. The molecule has 2 N–H and O–H groups in total. The van der Waals surface area contributed by atoms with Crippen LogP contribution in [0.3, 0.4) is 0 Å². The largest absolute Gasteiger partial charge is 0.508 e. The van der Waals surface area contributed by atoms with Crippen LogP contribution in [-0.2, 0) is 5.41 Å². The minimum absolute atomic E-state index is 0.0861. The van der Waals surface area contributed by atoms with Crippen molar-refractivity contribution in [2.75, 3.05) is 0 Å². The van der Waals surface area contributed by atoms with Gasteiger partial charge >= 0.3 is 0 Å². The third-order valence-corrected chi connectivity index (χ3v) is 5.26. The van der Waals surface area contributed by atoms with E-state index in [1.165, 1.54) is 11.1 Å². The Morgan fingerprint density at radius 3 is 1.50 bits per heavy atom. The maximum Gasteiger partial charge on any atom is 0.115 e. The quantitative estimate of drug-likeness (QED) is 0.553. The summed E-state index contributed by atoms with van der Waals surface area (Å²) in [5, 5.41) is 19.1. The minimum atomic E-state index is -0.0861. The highest BCUT2D eigenvalue weighted by Crippen LogP contribution is 2.38. The molecule has 0 heterocycles. The summed E-state index contributed by atoms with van der Waals surface area (Å²) in [4.78, 5) is 0. The van der Waals surface area contributed by atoms with Crippen LogP contribution in [0.5, 0.6) is 11.5 Å². The lowest BCUT2D eigenvalue weighted by atomic mass is 9.72. The molecule has 3 aromatic carbocycles. The molecule has 26 heavy (non-hydrogen) atoms. The number of hydrogen-bond acceptors (Lipinski definition) is 2. The number of phenolic OH excluding ortho intramolecular Hbond substituents is 2. The summed E-state index contributed by atoms with van der Waals surface area (Å²) in [6.45, 7) is 4.50. The van der Waals surface area contributed by atoms with Crippen molar-refractivity contribution in [3.05, 3.63) is 83.9 Å². The van der Waals surface area contributed by atoms with Crippen LogP contribution < -0.4 is 0 Å². The molecule has 0 bridgehead atoms. The van der Waals surface area contributed by atoms with Crippen molar-refractivity contribution < 1.29 is 10.2 Å². The monoisotopic (exact) mass is 346 g/mol. The molecule has 2 heteroatoms. The zero-order chi connectivity index (χ0) is 18.6. The maximum absolute atomic E-state index is 9.63. The molecule has 0 aliphatic rings. The molecule has 0 amide bonds. The SMILES string of the molecule is CCCCC(C)(c1ccc(O)cc1)c1ccc(-c2ccc(O)cc2)cc1. The molecule has 1 atom stereocenters. The van der Waals surface area contributed by atoms with Gasteiger partial charge in [-0.1, -0.05) is 75.2 Å². The van der Waals surface area contributed by atoms with E-state index in [0.29, 0.717) is 5.75 Å². The van der Waals surface area contributed by atoms with Crippen LogP contribution in [0.1, 0.15) is 44.2 Å². The van der Waals surface area contributed by atoms with Crippen LogP contribution in [0.4, 0.5) is 0 Å². The molecular weight excluding hydrogens is 320 g/mol. The van der Waals surface area contributed by atoms with Crippen molar-refractivity contribution in [3.63, 3.8) is 0 Å². The second-order valence-corrected chi connectivity index (χ2v) is 7.11. The van der Waals surface area contributed by atoms with Gasteiger partial charge in [0, 0.05) is 5.41 Å². The molecule has 0 saturated heterocycles. The van der Waals surface area contributed by atoms with Gasteiger partial charge in [-0.3, -0.25) is 0 Å². The molecule has 0 spiro atoms. The van der Waals surface area contributed by atoms with Gasteiger partial charge in [-0.2, -0.15) is 0 Å². The molecular formula is C24H26O2. The van der Waals surface area contributed by atoms with Gasteiger partial charge in [0.15, 0.2) is 0 Å². The molecule has 0 radical (unpaired) electrons. The molecule has 0 fully saturated rings. The van der Waals surface area contributed by atoms with Crippen LogP contribution in [0.2, 0.25) is 0 Å². The van der Waals surface area contributed by atoms with E-state index in [0.717, 1.165) is 30.4 Å². The minimum Gasteiger partial charge on any atom is -0.508 e. The van der Waals surface area contributed by atoms with E-state index < -0.39 is 0 Å². The average Bonchev–Trinajstić information content (AvgIpc) is 2.67. The molecule has 0 aliphatic heterocycles. The smallest absolute Gasteiger partial charge is 0.115 e. The van der Waals surface area contributed by atoms with Crippen LogP contribution in [0, 0.1) is 0 Å². The van der Waals surface area contributed by atoms with Crippen molar-refractivity contribution in [1.82, 2.24) is 0 Å². The van der Waals surface area contributed by atoms with Gasteiger partial charge in [0.25, 0.3) is 0 Å². The van der Waals surface area contributed by atoms with Crippen molar-refractivity contribution >= 4 is 0 Å².